The molecular formula is C11H12N4OS. The van der Waals surface area contributed by atoms with Crippen LogP contribution in [0.1, 0.15) is 25.6 Å². The van der Waals surface area contributed by atoms with E-state index >= 15 is 0 Å². The maximum Gasteiger partial charge on any atom is 0.235 e. The normalized spacial score (nSPS) is 11.4. The fraction of sp³-hybridized carbons (Fsp3) is 0.364. The second-order valence-electron chi connectivity index (χ2n) is 3.80. The lowest BCUT2D eigenvalue weighted by Crippen LogP contribution is -1.95. The summed E-state index contributed by atoms with van der Waals surface area (Å²) < 4.78 is 7.14. The molecule has 0 amide bonds. The van der Waals surface area contributed by atoms with Crippen molar-refractivity contribution in [2.75, 3.05) is 0 Å². The number of nitrogens with zero attached hydrogens (tertiary/aromatic N) is 4. The lowest BCUT2D eigenvalue weighted by molar-refractivity contribution is 0.580. The Hall–Kier alpha value is -1.69. The molecule has 88 valence electrons. The first-order valence-electron chi connectivity index (χ1n) is 5.63. The minimum Gasteiger partial charge on any atom is -0.462 e. The average Bonchev–Trinajstić information content (AvgIpc) is 3.02. The molecule has 0 atom stereocenters. The molecule has 0 N–H and O–H groups in total. The Kier molecular flexibility index (Phi) is 2.64. The fourth-order valence-corrected chi connectivity index (χ4v) is 2.47. The SMILES string of the molecule is CCCCc1nnc2sc(-c3ccco3)nn12. The number of hydrogen-bond acceptors (Lipinski definition) is 5. The van der Waals surface area contributed by atoms with Gasteiger partial charge in [0.1, 0.15) is 0 Å². The molecule has 0 fully saturated rings. The van der Waals surface area contributed by atoms with Crippen molar-refractivity contribution in [2.24, 2.45) is 0 Å². The van der Waals surface area contributed by atoms with Crippen molar-refractivity contribution in [3.8, 4) is 10.8 Å². The molecule has 0 saturated heterocycles. The van der Waals surface area contributed by atoms with E-state index < -0.39 is 0 Å². The quantitative estimate of drug-likeness (QED) is 0.712. The Bertz CT molecular complexity index is 611. The predicted molar refractivity (Wildman–Crippen MR) is 65.0 cm³/mol. The first-order valence-corrected chi connectivity index (χ1v) is 6.45. The van der Waals surface area contributed by atoms with Gasteiger partial charge in [0.15, 0.2) is 16.6 Å². The van der Waals surface area contributed by atoms with Crippen LogP contribution < -0.4 is 0 Å². The Morgan fingerprint density at radius 1 is 1.41 bits per heavy atom. The maximum absolute atomic E-state index is 5.33. The third-order valence-corrected chi connectivity index (χ3v) is 3.45. The summed E-state index contributed by atoms with van der Waals surface area (Å²) in [6.45, 7) is 2.16. The molecule has 6 heteroatoms. The zero-order valence-corrected chi connectivity index (χ0v) is 10.3. The van der Waals surface area contributed by atoms with Crippen LogP contribution in [0.2, 0.25) is 0 Å². The van der Waals surface area contributed by atoms with Crippen LogP contribution in [-0.4, -0.2) is 19.8 Å². The highest BCUT2D eigenvalue weighted by atomic mass is 32.1. The summed E-state index contributed by atoms with van der Waals surface area (Å²) in [7, 11) is 0. The standard InChI is InChI=1S/C11H12N4OS/c1-2-3-6-9-12-13-11-15(9)14-10(17-11)8-5-4-7-16-8/h4-5,7H,2-3,6H2,1H3. The van der Waals surface area contributed by atoms with E-state index in [0.717, 1.165) is 40.8 Å². The average molecular weight is 248 g/mol. The van der Waals surface area contributed by atoms with Crippen molar-refractivity contribution in [3.63, 3.8) is 0 Å². The highest BCUT2D eigenvalue weighted by molar-refractivity contribution is 7.19. The molecule has 0 radical (unpaired) electrons. The largest absolute Gasteiger partial charge is 0.462 e. The van der Waals surface area contributed by atoms with Gasteiger partial charge in [0.05, 0.1) is 6.26 Å². The molecular weight excluding hydrogens is 236 g/mol. The van der Waals surface area contributed by atoms with Gasteiger partial charge in [0, 0.05) is 6.42 Å². The van der Waals surface area contributed by atoms with Crippen LogP contribution in [0.25, 0.3) is 15.7 Å². The van der Waals surface area contributed by atoms with Crippen molar-refractivity contribution >= 4 is 16.3 Å². The van der Waals surface area contributed by atoms with Crippen molar-refractivity contribution < 1.29 is 4.42 Å². The maximum atomic E-state index is 5.33. The van der Waals surface area contributed by atoms with Gasteiger partial charge in [-0.3, -0.25) is 0 Å². The van der Waals surface area contributed by atoms with Crippen LogP contribution in [0.3, 0.4) is 0 Å². The molecule has 0 aliphatic heterocycles. The number of aryl methyl sites for hydroxylation is 1. The van der Waals surface area contributed by atoms with Gasteiger partial charge >= 0.3 is 0 Å². The van der Waals surface area contributed by atoms with Crippen molar-refractivity contribution in [2.45, 2.75) is 26.2 Å². The van der Waals surface area contributed by atoms with Crippen LogP contribution >= 0.6 is 11.3 Å². The molecule has 3 heterocycles. The number of hydrogen-bond donors (Lipinski definition) is 0. The molecule has 0 unspecified atom stereocenters. The van der Waals surface area contributed by atoms with Crippen molar-refractivity contribution in [3.05, 3.63) is 24.2 Å². The van der Waals surface area contributed by atoms with Crippen LogP contribution in [0.5, 0.6) is 0 Å². The highest BCUT2D eigenvalue weighted by Crippen LogP contribution is 2.25. The molecule has 3 rings (SSSR count). The molecule has 17 heavy (non-hydrogen) atoms. The van der Waals surface area contributed by atoms with Crippen LogP contribution in [-0.2, 0) is 6.42 Å². The van der Waals surface area contributed by atoms with Gasteiger partial charge in [-0.25, -0.2) is 0 Å². The van der Waals surface area contributed by atoms with Crippen LogP contribution in [0.15, 0.2) is 22.8 Å². The lowest BCUT2D eigenvalue weighted by atomic mass is 10.2. The van der Waals surface area contributed by atoms with E-state index in [2.05, 4.69) is 22.2 Å². The first-order chi connectivity index (χ1) is 8.38. The molecule has 0 bridgehead atoms. The molecule has 0 aromatic carbocycles. The fourth-order valence-electron chi connectivity index (χ4n) is 1.65. The van der Waals surface area contributed by atoms with Gasteiger partial charge in [0.25, 0.3) is 0 Å². The summed E-state index contributed by atoms with van der Waals surface area (Å²) in [5.74, 6) is 1.71. The van der Waals surface area contributed by atoms with E-state index in [9.17, 15) is 0 Å². The van der Waals surface area contributed by atoms with E-state index in [1.54, 1.807) is 6.26 Å². The number of furan rings is 1. The van der Waals surface area contributed by atoms with Crippen molar-refractivity contribution in [1.29, 1.82) is 0 Å². The third-order valence-electron chi connectivity index (χ3n) is 2.54. The Labute approximate surface area is 102 Å². The van der Waals surface area contributed by atoms with Gasteiger partial charge < -0.3 is 4.42 Å². The number of unbranched alkanes of at least 4 members (excludes halogenated alkanes) is 1. The van der Waals surface area contributed by atoms with E-state index in [0.29, 0.717) is 0 Å². The van der Waals surface area contributed by atoms with Gasteiger partial charge in [-0.1, -0.05) is 24.7 Å². The van der Waals surface area contributed by atoms with Gasteiger partial charge in [0.2, 0.25) is 4.96 Å². The third kappa shape index (κ3) is 1.84. The highest BCUT2D eigenvalue weighted by Gasteiger charge is 2.13. The van der Waals surface area contributed by atoms with Gasteiger partial charge in [-0.05, 0) is 18.6 Å². The Morgan fingerprint density at radius 2 is 2.35 bits per heavy atom. The molecule has 0 spiro atoms. The minimum atomic E-state index is 0.780. The number of aromatic nitrogens is 4. The molecule has 0 saturated carbocycles. The molecule has 3 aromatic rings. The smallest absolute Gasteiger partial charge is 0.235 e. The summed E-state index contributed by atoms with van der Waals surface area (Å²) in [6, 6.07) is 3.76. The second-order valence-corrected chi connectivity index (χ2v) is 4.75. The van der Waals surface area contributed by atoms with Gasteiger partial charge in [-0.2, -0.15) is 4.52 Å². The predicted octanol–water partition coefficient (Wildman–Crippen LogP) is 2.79. The minimum absolute atomic E-state index is 0.780. The summed E-state index contributed by atoms with van der Waals surface area (Å²) in [4.78, 5) is 0.822. The molecule has 0 aliphatic rings. The number of rotatable bonds is 4. The molecule has 0 aliphatic carbocycles. The summed E-state index contributed by atoms with van der Waals surface area (Å²) in [5, 5.41) is 13.6. The van der Waals surface area contributed by atoms with E-state index in [1.165, 1.54) is 11.3 Å². The lowest BCUT2D eigenvalue weighted by Gasteiger charge is -1.93. The van der Waals surface area contributed by atoms with E-state index in [-0.39, 0.29) is 0 Å². The first kappa shape index (κ1) is 10.5. The van der Waals surface area contributed by atoms with Crippen LogP contribution in [0.4, 0.5) is 0 Å². The van der Waals surface area contributed by atoms with Crippen molar-refractivity contribution in [1.82, 2.24) is 19.8 Å². The topological polar surface area (TPSA) is 56.2 Å². The molecule has 5 nitrogen and oxygen atoms in total. The summed E-state index contributed by atoms with van der Waals surface area (Å²) in [6.07, 6.45) is 4.81. The Morgan fingerprint density at radius 3 is 3.12 bits per heavy atom. The van der Waals surface area contributed by atoms with Gasteiger partial charge in [-0.15, -0.1) is 15.3 Å². The zero-order chi connectivity index (χ0) is 11.7. The summed E-state index contributed by atoms with van der Waals surface area (Å²) in [5.41, 5.74) is 0. The summed E-state index contributed by atoms with van der Waals surface area (Å²) >= 11 is 1.49. The number of fused-ring (bicyclic) bond motifs is 1. The molecule has 3 aromatic heterocycles. The second kappa shape index (κ2) is 4.29. The van der Waals surface area contributed by atoms with Crippen LogP contribution in [0, 0.1) is 0 Å². The van der Waals surface area contributed by atoms with E-state index in [4.69, 9.17) is 4.42 Å². The monoisotopic (exact) mass is 248 g/mol. The van der Waals surface area contributed by atoms with E-state index in [1.807, 2.05) is 16.6 Å². The zero-order valence-electron chi connectivity index (χ0n) is 9.46. The Balaban J connectivity index is 1.99.